The first-order valence-corrected chi connectivity index (χ1v) is 33.6. The summed E-state index contributed by atoms with van der Waals surface area (Å²) < 4.78 is 16.9. The van der Waals surface area contributed by atoms with Crippen LogP contribution in [0.3, 0.4) is 0 Å². The fourth-order valence-electron chi connectivity index (χ4n) is 9.50. The normalized spacial score (nSPS) is 12.6. The molecule has 0 rings (SSSR count). The lowest BCUT2D eigenvalue weighted by Gasteiger charge is -2.18. The van der Waals surface area contributed by atoms with Gasteiger partial charge in [-0.25, -0.2) is 0 Å². The predicted molar refractivity (Wildman–Crippen MR) is 339 cm³/mol. The van der Waals surface area contributed by atoms with E-state index in [1.807, 2.05) is 0 Å². The van der Waals surface area contributed by atoms with Crippen LogP contribution in [0.5, 0.6) is 0 Å². The van der Waals surface area contributed by atoms with E-state index in [-0.39, 0.29) is 31.1 Å². The standard InChI is InChI=1S/C72H126O6/c1-4-7-10-13-16-19-22-25-28-30-32-34-35-36-37-39-40-42-44-47-50-53-56-59-62-65-71(74)77-68-69(67-76-70(73)64-61-58-55-52-49-46-27-24-21-18-15-12-9-6-3)78-72(75)66-63-60-57-54-51-48-45-43-41-38-33-31-29-26-23-20-17-14-11-8-5-2/h15,18,22-27,30-33,35-36,69H,4-14,16-17,19-21,28-29,34,37-68H2,1-3H3/b18-15-,25-22-,26-23-,27-24-,32-30-,33-31-,36-35-. The van der Waals surface area contributed by atoms with Crippen molar-refractivity contribution >= 4 is 17.9 Å². The van der Waals surface area contributed by atoms with Crippen LogP contribution < -0.4 is 0 Å². The second kappa shape index (κ2) is 66.1. The van der Waals surface area contributed by atoms with Crippen LogP contribution in [0.1, 0.15) is 335 Å². The van der Waals surface area contributed by atoms with Crippen molar-refractivity contribution in [3.8, 4) is 0 Å². The highest BCUT2D eigenvalue weighted by Crippen LogP contribution is 2.16. The highest BCUT2D eigenvalue weighted by molar-refractivity contribution is 5.71. The van der Waals surface area contributed by atoms with Crippen LogP contribution in [0.25, 0.3) is 0 Å². The van der Waals surface area contributed by atoms with Crippen LogP contribution in [-0.4, -0.2) is 37.2 Å². The maximum Gasteiger partial charge on any atom is 0.306 e. The van der Waals surface area contributed by atoms with E-state index in [0.717, 1.165) is 96.3 Å². The molecule has 0 spiro atoms. The molecule has 0 saturated heterocycles. The zero-order valence-electron chi connectivity index (χ0n) is 51.7. The minimum atomic E-state index is -0.788. The summed E-state index contributed by atoms with van der Waals surface area (Å²) >= 11 is 0. The largest absolute Gasteiger partial charge is 0.462 e. The number of unbranched alkanes of at least 4 members (excludes halogenated alkanes) is 36. The summed E-state index contributed by atoms with van der Waals surface area (Å²) in [6, 6.07) is 0. The molecule has 0 aromatic heterocycles. The quantitative estimate of drug-likeness (QED) is 0.0261. The van der Waals surface area contributed by atoms with E-state index in [1.165, 1.54) is 199 Å². The van der Waals surface area contributed by atoms with Crippen molar-refractivity contribution in [2.24, 2.45) is 0 Å². The van der Waals surface area contributed by atoms with Crippen molar-refractivity contribution in [2.75, 3.05) is 13.2 Å². The lowest BCUT2D eigenvalue weighted by molar-refractivity contribution is -0.167. The minimum Gasteiger partial charge on any atom is -0.462 e. The third-order valence-corrected chi connectivity index (χ3v) is 14.6. The van der Waals surface area contributed by atoms with E-state index in [9.17, 15) is 14.4 Å². The summed E-state index contributed by atoms with van der Waals surface area (Å²) in [5.41, 5.74) is 0. The smallest absolute Gasteiger partial charge is 0.306 e. The van der Waals surface area contributed by atoms with E-state index < -0.39 is 6.10 Å². The van der Waals surface area contributed by atoms with Crippen molar-refractivity contribution in [1.82, 2.24) is 0 Å². The van der Waals surface area contributed by atoms with Gasteiger partial charge in [0.05, 0.1) is 0 Å². The summed E-state index contributed by atoms with van der Waals surface area (Å²) in [6.45, 7) is 6.59. The first kappa shape index (κ1) is 74.6. The Balaban J connectivity index is 4.34. The predicted octanol–water partition coefficient (Wildman–Crippen LogP) is 23.1. The number of rotatable bonds is 61. The Bertz CT molecular complexity index is 1480. The van der Waals surface area contributed by atoms with E-state index >= 15 is 0 Å². The summed E-state index contributed by atoms with van der Waals surface area (Å²) in [4.78, 5) is 38.4. The lowest BCUT2D eigenvalue weighted by atomic mass is 10.0. The Kier molecular flexibility index (Phi) is 63.2. The summed E-state index contributed by atoms with van der Waals surface area (Å²) in [5.74, 6) is -0.893. The zero-order valence-corrected chi connectivity index (χ0v) is 51.7. The molecule has 0 aliphatic rings. The molecule has 1 atom stereocenters. The Morgan fingerprint density at radius 2 is 0.474 bits per heavy atom. The molecule has 1 unspecified atom stereocenters. The molecule has 0 aliphatic heterocycles. The molecule has 0 radical (unpaired) electrons. The molecule has 0 heterocycles. The van der Waals surface area contributed by atoms with E-state index in [1.54, 1.807) is 0 Å². The summed E-state index contributed by atoms with van der Waals surface area (Å²) in [7, 11) is 0. The summed E-state index contributed by atoms with van der Waals surface area (Å²) in [5, 5.41) is 0. The first-order chi connectivity index (χ1) is 38.5. The number of hydrogen-bond acceptors (Lipinski definition) is 6. The van der Waals surface area contributed by atoms with Crippen LogP contribution in [0.2, 0.25) is 0 Å². The molecule has 6 heteroatoms. The van der Waals surface area contributed by atoms with Crippen LogP contribution in [0.15, 0.2) is 85.1 Å². The van der Waals surface area contributed by atoms with Crippen molar-refractivity contribution in [3.05, 3.63) is 85.1 Å². The van der Waals surface area contributed by atoms with Crippen molar-refractivity contribution in [3.63, 3.8) is 0 Å². The van der Waals surface area contributed by atoms with Gasteiger partial charge in [-0.15, -0.1) is 0 Å². The second-order valence-electron chi connectivity index (χ2n) is 22.4. The first-order valence-electron chi connectivity index (χ1n) is 33.6. The molecule has 6 nitrogen and oxygen atoms in total. The number of hydrogen-bond donors (Lipinski definition) is 0. The lowest BCUT2D eigenvalue weighted by Crippen LogP contribution is -2.30. The third kappa shape index (κ3) is 63.4. The zero-order chi connectivity index (χ0) is 56.4. The molecule has 0 amide bonds. The van der Waals surface area contributed by atoms with Gasteiger partial charge in [0.2, 0.25) is 0 Å². The molecule has 0 N–H and O–H groups in total. The Morgan fingerprint density at radius 3 is 0.756 bits per heavy atom. The van der Waals surface area contributed by atoms with E-state index in [4.69, 9.17) is 14.2 Å². The highest BCUT2D eigenvalue weighted by atomic mass is 16.6. The van der Waals surface area contributed by atoms with Gasteiger partial charge in [0.25, 0.3) is 0 Å². The molecule has 0 aliphatic carbocycles. The fourth-order valence-corrected chi connectivity index (χ4v) is 9.50. The molecule has 0 aromatic rings. The third-order valence-electron chi connectivity index (χ3n) is 14.6. The molecular weight excluding hydrogens is 961 g/mol. The van der Waals surface area contributed by atoms with Crippen LogP contribution in [-0.2, 0) is 28.6 Å². The average molecular weight is 1090 g/mol. The SMILES string of the molecule is CCCC/C=C\C/C=C\CCCCCCCC(=O)OCC(COC(=O)CCCCCCCCCCCC/C=C\C/C=C\C/C=C\CCCCCCC)OC(=O)CCCCCCCCCCC/C=C\C/C=C\CCCCCCC. The maximum absolute atomic E-state index is 12.9. The molecule has 78 heavy (non-hydrogen) atoms. The number of esters is 3. The molecule has 0 aromatic carbocycles. The van der Waals surface area contributed by atoms with Crippen molar-refractivity contribution in [1.29, 1.82) is 0 Å². The van der Waals surface area contributed by atoms with Gasteiger partial charge in [-0.05, 0) is 116 Å². The monoisotopic (exact) mass is 1090 g/mol. The van der Waals surface area contributed by atoms with Gasteiger partial charge in [0.15, 0.2) is 6.10 Å². The Morgan fingerprint density at radius 1 is 0.256 bits per heavy atom. The van der Waals surface area contributed by atoms with Gasteiger partial charge in [-0.1, -0.05) is 286 Å². The van der Waals surface area contributed by atoms with Crippen molar-refractivity contribution in [2.45, 2.75) is 341 Å². The van der Waals surface area contributed by atoms with Crippen LogP contribution >= 0.6 is 0 Å². The van der Waals surface area contributed by atoms with Gasteiger partial charge in [-0.2, -0.15) is 0 Å². The fraction of sp³-hybridized carbons (Fsp3) is 0.764. The minimum absolute atomic E-state index is 0.0839. The van der Waals surface area contributed by atoms with Gasteiger partial charge < -0.3 is 14.2 Å². The number of ether oxygens (including phenoxy) is 3. The van der Waals surface area contributed by atoms with E-state index in [2.05, 4.69) is 106 Å². The number of carbonyl (C=O) groups is 3. The van der Waals surface area contributed by atoms with E-state index in [0.29, 0.717) is 19.3 Å². The Labute approximate surface area is 484 Å². The molecular formula is C72H126O6. The van der Waals surface area contributed by atoms with Crippen LogP contribution in [0.4, 0.5) is 0 Å². The van der Waals surface area contributed by atoms with Gasteiger partial charge in [0, 0.05) is 19.3 Å². The van der Waals surface area contributed by atoms with Crippen molar-refractivity contribution < 1.29 is 28.6 Å². The number of allylic oxidation sites excluding steroid dienone is 14. The average Bonchev–Trinajstić information content (AvgIpc) is 3.44. The maximum atomic E-state index is 12.9. The topological polar surface area (TPSA) is 78.9 Å². The molecule has 0 fully saturated rings. The highest BCUT2D eigenvalue weighted by Gasteiger charge is 2.19. The van der Waals surface area contributed by atoms with Gasteiger partial charge >= 0.3 is 17.9 Å². The van der Waals surface area contributed by atoms with Crippen LogP contribution in [0, 0.1) is 0 Å². The Hall–Kier alpha value is -3.41. The molecule has 450 valence electrons. The number of carbonyl (C=O) groups excluding carboxylic acids is 3. The summed E-state index contributed by atoms with van der Waals surface area (Å²) in [6.07, 6.45) is 87.3. The van der Waals surface area contributed by atoms with Gasteiger partial charge in [-0.3, -0.25) is 14.4 Å². The molecule has 0 saturated carbocycles. The van der Waals surface area contributed by atoms with Gasteiger partial charge in [0.1, 0.15) is 13.2 Å². The second-order valence-corrected chi connectivity index (χ2v) is 22.4. The molecule has 0 bridgehead atoms.